The van der Waals surface area contributed by atoms with Gasteiger partial charge in [0.05, 0.1) is 6.20 Å². The van der Waals surface area contributed by atoms with E-state index in [1.165, 1.54) is 16.3 Å². The first-order chi connectivity index (χ1) is 17.2. The van der Waals surface area contributed by atoms with Crippen molar-refractivity contribution in [2.45, 2.75) is 51.1 Å². The molecule has 35 heavy (non-hydrogen) atoms. The van der Waals surface area contributed by atoms with Crippen LogP contribution < -0.4 is 4.74 Å². The third-order valence-electron chi connectivity index (χ3n) is 7.45. The quantitative estimate of drug-likeness (QED) is 0.376. The zero-order valence-electron chi connectivity index (χ0n) is 19.8. The highest BCUT2D eigenvalue weighted by Crippen LogP contribution is 2.42. The molecule has 2 aliphatic heterocycles. The van der Waals surface area contributed by atoms with E-state index in [0.717, 1.165) is 37.8 Å². The van der Waals surface area contributed by atoms with Gasteiger partial charge in [-0.25, -0.2) is 4.98 Å². The van der Waals surface area contributed by atoms with Crippen molar-refractivity contribution in [3.8, 4) is 11.6 Å². The van der Waals surface area contributed by atoms with Crippen molar-refractivity contribution in [1.82, 2.24) is 19.9 Å². The minimum absolute atomic E-state index is 0.0235. The fourth-order valence-corrected chi connectivity index (χ4v) is 5.87. The highest BCUT2D eigenvalue weighted by molar-refractivity contribution is 5.97. The maximum atomic E-state index is 13.7. The molecule has 176 valence electrons. The molecule has 6 heteroatoms. The van der Waals surface area contributed by atoms with Crippen LogP contribution in [-0.2, 0) is 6.42 Å². The molecule has 0 saturated carbocycles. The van der Waals surface area contributed by atoms with Crippen molar-refractivity contribution in [3.05, 3.63) is 90.1 Å². The molecule has 0 N–H and O–H groups in total. The van der Waals surface area contributed by atoms with Crippen molar-refractivity contribution in [2.75, 3.05) is 0 Å². The van der Waals surface area contributed by atoms with Crippen molar-refractivity contribution < 1.29 is 9.53 Å². The number of aromatic nitrogens is 3. The van der Waals surface area contributed by atoms with Crippen LogP contribution in [0.2, 0.25) is 0 Å². The molecular formula is C29H28N4O2. The number of rotatable bonds is 5. The molecule has 2 saturated heterocycles. The second-order valence-corrected chi connectivity index (χ2v) is 9.75. The van der Waals surface area contributed by atoms with Gasteiger partial charge in [-0.05, 0) is 86.2 Å². The summed E-state index contributed by atoms with van der Waals surface area (Å²) >= 11 is 0. The maximum absolute atomic E-state index is 13.7. The minimum atomic E-state index is 0.0235. The SMILES string of the molecule is Cc1ccc(Oc2ncccc2C(=O)N2[C@H]3CC[C@H]2CC(Cc2cccc4cnccc24)C3)cn1. The average molecular weight is 465 g/mol. The second-order valence-electron chi connectivity index (χ2n) is 9.75. The lowest BCUT2D eigenvalue weighted by Crippen LogP contribution is -2.47. The van der Waals surface area contributed by atoms with Crippen molar-refractivity contribution in [1.29, 1.82) is 0 Å². The summed E-state index contributed by atoms with van der Waals surface area (Å²) < 4.78 is 5.98. The molecule has 2 fully saturated rings. The van der Waals surface area contributed by atoms with E-state index in [9.17, 15) is 4.79 Å². The van der Waals surface area contributed by atoms with Crippen molar-refractivity contribution in [2.24, 2.45) is 5.92 Å². The van der Waals surface area contributed by atoms with Crippen molar-refractivity contribution in [3.63, 3.8) is 0 Å². The number of benzene rings is 1. The van der Waals surface area contributed by atoms with Crippen molar-refractivity contribution >= 4 is 16.7 Å². The molecule has 3 aromatic heterocycles. The number of carbonyl (C=O) groups is 1. The number of fused-ring (bicyclic) bond motifs is 3. The Morgan fingerprint density at radius 3 is 2.63 bits per heavy atom. The van der Waals surface area contributed by atoms with Gasteiger partial charge in [0.2, 0.25) is 5.88 Å². The molecule has 1 amide bonds. The van der Waals surface area contributed by atoms with Gasteiger partial charge in [-0.1, -0.05) is 18.2 Å². The Hall–Kier alpha value is -3.80. The van der Waals surface area contributed by atoms with E-state index < -0.39 is 0 Å². The molecular weight excluding hydrogens is 436 g/mol. The van der Waals surface area contributed by atoms with Crippen LogP contribution in [0.15, 0.2) is 73.3 Å². The number of aryl methyl sites for hydroxylation is 1. The fraction of sp³-hybridized carbons (Fsp3) is 0.310. The summed E-state index contributed by atoms with van der Waals surface area (Å²) in [6.07, 6.45) is 12.4. The summed E-state index contributed by atoms with van der Waals surface area (Å²) in [5.74, 6) is 1.51. The van der Waals surface area contributed by atoms with E-state index in [2.05, 4.69) is 44.1 Å². The number of piperidine rings is 1. The van der Waals surface area contributed by atoms with E-state index in [0.29, 0.717) is 23.1 Å². The first-order valence-corrected chi connectivity index (χ1v) is 12.4. The first-order valence-electron chi connectivity index (χ1n) is 12.4. The van der Waals surface area contributed by atoms with Crippen LogP contribution >= 0.6 is 0 Å². The van der Waals surface area contributed by atoms with Crippen LogP contribution in [0, 0.1) is 12.8 Å². The summed E-state index contributed by atoms with van der Waals surface area (Å²) in [4.78, 5) is 28.8. The Balaban J connectivity index is 1.20. The van der Waals surface area contributed by atoms with Crippen LogP contribution in [-0.4, -0.2) is 37.8 Å². The third-order valence-corrected chi connectivity index (χ3v) is 7.45. The van der Waals surface area contributed by atoms with E-state index in [4.69, 9.17) is 4.74 Å². The molecule has 1 aromatic carbocycles. The summed E-state index contributed by atoms with van der Waals surface area (Å²) in [5.41, 5.74) is 2.81. The number of nitrogens with zero attached hydrogens (tertiary/aromatic N) is 4. The number of hydrogen-bond donors (Lipinski definition) is 0. The highest BCUT2D eigenvalue weighted by Gasteiger charge is 2.44. The first kappa shape index (κ1) is 21.7. The molecule has 6 nitrogen and oxygen atoms in total. The van der Waals surface area contributed by atoms with Gasteiger partial charge in [0.1, 0.15) is 11.3 Å². The maximum Gasteiger partial charge on any atom is 0.259 e. The predicted molar refractivity (Wildman–Crippen MR) is 134 cm³/mol. The molecule has 0 spiro atoms. The standard InChI is InChI=1S/C29H28N4O2/c1-19-7-10-25(18-32-19)35-28-27(6-3-12-31-28)29(34)33-23-8-9-24(33)16-20(15-23)14-21-4-2-5-22-17-30-13-11-26(21)22/h2-7,10-13,17-18,20,23-24H,8-9,14-16H2,1H3/t23-,24-/m0/s1. The van der Waals surface area contributed by atoms with Crippen LogP contribution in [0.4, 0.5) is 0 Å². The normalized spacial score (nSPS) is 21.3. The molecule has 2 aliphatic rings. The summed E-state index contributed by atoms with van der Waals surface area (Å²) in [5, 5.41) is 2.48. The van der Waals surface area contributed by atoms with Gasteiger partial charge in [-0.3, -0.25) is 14.8 Å². The van der Waals surface area contributed by atoms with Gasteiger partial charge in [0.15, 0.2) is 0 Å². The van der Waals surface area contributed by atoms with Crippen LogP contribution in [0.5, 0.6) is 11.6 Å². The van der Waals surface area contributed by atoms with Gasteiger partial charge in [-0.15, -0.1) is 0 Å². The van der Waals surface area contributed by atoms with Gasteiger partial charge in [-0.2, -0.15) is 0 Å². The minimum Gasteiger partial charge on any atom is -0.437 e. The molecule has 0 unspecified atom stereocenters. The summed E-state index contributed by atoms with van der Waals surface area (Å²) in [6.45, 7) is 1.93. The molecule has 5 heterocycles. The fourth-order valence-electron chi connectivity index (χ4n) is 5.87. The number of pyridine rings is 3. The second kappa shape index (κ2) is 9.10. The number of carbonyl (C=O) groups excluding carboxylic acids is 1. The van der Waals surface area contributed by atoms with Gasteiger partial charge < -0.3 is 9.64 Å². The lowest BCUT2D eigenvalue weighted by Gasteiger charge is -2.39. The zero-order valence-corrected chi connectivity index (χ0v) is 19.8. The van der Waals surface area contributed by atoms with E-state index in [1.54, 1.807) is 18.5 Å². The van der Waals surface area contributed by atoms with Gasteiger partial charge in [0, 0.05) is 41.8 Å². The number of amides is 1. The Morgan fingerprint density at radius 2 is 1.83 bits per heavy atom. The molecule has 0 aliphatic carbocycles. The monoisotopic (exact) mass is 464 g/mol. The summed E-state index contributed by atoms with van der Waals surface area (Å²) in [7, 11) is 0. The number of hydrogen-bond acceptors (Lipinski definition) is 5. The van der Waals surface area contributed by atoms with E-state index in [1.807, 2.05) is 37.5 Å². The average Bonchev–Trinajstić information content (AvgIpc) is 3.15. The van der Waals surface area contributed by atoms with Gasteiger partial charge >= 0.3 is 0 Å². The Labute approximate surface area is 205 Å². The molecule has 4 aromatic rings. The summed E-state index contributed by atoms with van der Waals surface area (Å²) in [6, 6.07) is 16.5. The van der Waals surface area contributed by atoms with Gasteiger partial charge in [0.25, 0.3) is 5.91 Å². The Morgan fingerprint density at radius 1 is 0.971 bits per heavy atom. The lowest BCUT2D eigenvalue weighted by molar-refractivity contribution is 0.0521. The molecule has 0 radical (unpaired) electrons. The smallest absolute Gasteiger partial charge is 0.259 e. The third kappa shape index (κ3) is 4.25. The van der Waals surface area contributed by atoms with Crippen LogP contribution in [0.25, 0.3) is 10.8 Å². The predicted octanol–water partition coefficient (Wildman–Crippen LogP) is 5.75. The molecule has 6 rings (SSSR count). The zero-order chi connectivity index (χ0) is 23.8. The molecule has 2 bridgehead atoms. The van der Waals surface area contributed by atoms with E-state index >= 15 is 0 Å². The highest BCUT2D eigenvalue weighted by atomic mass is 16.5. The topological polar surface area (TPSA) is 68.2 Å². The Bertz CT molecular complexity index is 1350. The Kier molecular flexibility index (Phi) is 5.64. The van der Waals surface area contributed by atoms with E-state index in [-0.39, 0.29) is 18.0 Å². The van der Waals surface area contributed by atoms with Crippen LogP contribution in [0.1, 0.15) is 47.3 Å². The largest absolute Gasteiger partial charge is 0.437 e. The number of ether oxygens (including phenoxy) is 1. The lowest BCUT2D eigenvalue weighted by atomic mass is 9.84. The molecule has 2 atom stereocenters. The van der Waals surface area contributed by atoms with Crippen LogP contribution in [0.3, 0.4) is 0 Å².